The molecule has 1 aromatic rings. The minimum Gasteiger partial charge on any atom is -0.508 e. The number of hydrogen-bond acceptors (Lipinski definition) is 5. The van der Waals surface area contributed by atoms with Crippen LogP contribution in [0.15, 0.2) is 24.3 Å². The van der Waals surface area contributed by atoms with Crippen molar-refractivity contribution in [3.05, 3.63) is 24.3 Å². The van der Waals surface area contributed by atoms with Crippen molar-refractivity contribution < 1.29 is 248 Å². The molecular weight excluding hydrogens is 1570 g/mol. The number of phenolic OH excluding ortho intramolecular Hbond substituents is 1. The lowest BCUT2D eigenvalue weighted by molar-refractivity contribution is -0.461. The van der Waals surface area contributed by atoms with Crippen molar-refractivity contribution in [1.82, 2.24) is 0 Å². The van der Waals surface area contributed by atoms with Gasteiger partial charge in [0, 0.05) is 39.1 Å². The Morgan fingerprint density at radius 2 is 0.434 bits per heavy atom. The molecule has 2 atom stereocenters. The van der Waals surface area contributed by atoms with Crippen molar-refractivity contribution in [2.75, 3.05) is 33.0 Å². The van der Waals surface area contributed by atoms with Crippen LogP contribution in [0.2, 0.25) is 0 Å². The second-order valence-electron chi connectivity index (χ2n) is 20.0. The standard InChI is InChI=1S/C43H29F51O5/c44-20(45,23(50,51)26(56,57)29(62,63)32(68,69)35(74,75)38(80,81)41(86,87)88)8-1-11-96-14-18(97-12-2-9-21(46,47)24(52,53)27(58,59)30(64,65)33(70,71)36(76,77)39(82,83)42(89,90)91)19(15-99-17-6-4-16(95)5-7-17)98-13-3-10-22(48,49)25(54,55)28(60,61)31(66,67)34(72,73)37(78,79)40(84,85)43(92,93)94/h4-7,18-19,95H,1-3,8-15H2. The Morgan fingerprint density at radius 1 is 0.242 bits per heavy atom. The Kier molecular flexibility index (Phi) is 25.4. The van der Waals surface area contributed by atoms with E-state index < -0.39 is 238 Å². The maximum atomic E-state index is 14.7. The zero-order valence-electron chi connectivity index (χ0n) is 45.6. The van der Waals surface area contributed by atoms with Crippen LogP contribution in [-0.4, -0.2) is 193 Å². The average Bonchev–Trinajstić information content (AvgIpc) is 0.708. The van der Waals surface area contributed by atoms with Crippen molar-refractivity contribution >= 4 is 0 Å². The molecule has 0 saturated heterocycles. The van der Waals surface area contributed by atoms with E-state index in [1.54, 1.807) is 0 Å². The first-order valence-electron chi connectivity index (χ1n) is 24.3. The third-order valence-corrected chi connectivity index (χ3v) is 13.0. The molecule has 99 heavy (non-hydrogen) atoms. The molecule has 56 heteroatoms. The molecule has 5 nitrogen and oxygen atoms in total. The zero-order valence-corrected chi connectivity index (χ0v) is 45.6. The van der Waals surface area contributed by atoms with Crippen LogP contribution in [0.25, 0.3) is 0 Å². The minimum absolute atomic E-state index is 0.501. The molecule has 0 aliphatic carbocycles. The number of ether oxygens (including phenoxy) is 4. The lowest BCUT2D eigenvalue weighted by Gasteiger charge is -2.42. The summed E-state index contributed by atoms with van der Waals surface area (Å²) in [5, 5.41) is 9.44. The van der Waals surface area contributed by atoms with Crippen molar-refractivity contribution in [2.24, 2.45) is 0 Å². The van der Waals surface area contributed by atoms with Crippen LogP contribution in [-0.2, 0) is 14.2 Å². The quantitative estimate of drug-likeness (QED) is 0.0528. The third kappa shape index (κ3) is 14.9. The molecular formula is C43H29F51O5. The molecule has 0 aromatic heterocycles. The maximum absolute atomic E-state index is 14.7. The molecule has 0 fully saturated rings. The first kappa shape index (κ1) is 92.1. The van der Waals surface area contributed by atoms with Gasteiger partial charge < -0.3 is 24.1 Å². The second-order valence-corrected chi connectivity index (χ2v) is 20.0. The van der Waals surface area contributed by atoms with Gasteiger partial charge in [0.2, 0.25) is 0 Å². The molecule has 0 bridgehead atoms. The second kappa shape index (κ2) is 27.3. The van der Waals surface area contributed by atoms with Crippen molar-refractivity contribution in [1.29, 1.82) is 0 Å². The van der Waals surface area contributed by atoms with Gasteiger partial charge in [0.15, 0.2) is 0 Å². The summed E-state index contributed by atoms with van der Waals surface area (Å²) in [4.78, 5) is 0. The van der Waals surface area contributed by atoms with E-state index >= 15 is 0 Å². The fraction of sp³-hybridized carbons (Fsp3) is 0.860. The Hall–Kier alpha value is -4.87. The van der Waals surface area contributed by atoms with Crippen molar-refractivity contribution in [3.63, 3.8) is 0 Å². The van der Waals surface area contributed by atoms with Crippen LogP contribution < -0.4 is 4.74 Å². The van der Waals surface area contributed by atoms with Gasteiger partial charge in [-0.05, 0) is 43.5 Å². The van der Waals surface area contributed by atoms with Crippen LogP contribution in [0.1, 0.15) is 38.5 Å². The van der Waals surface area contributed by atoms with E-state index in [1.165, 1.54) is 0 Å². The topological polar surface area (TPSA) is 57.2 Å². The maximum Gasteiger partial charge on any atom is 0.460 e. The summed E-state index contributed by atoms with van der Waals surface area (Å²) in [5.41, 5.74) is 0. The van der Waals surface area contributed by atoms with Crippen LogP contribution >= 0.6 is 0 Å². The van der Waals surface area contributed by atoms with Gasteiger partial charge in [-0.3, -0.25) is 0 Å². The molecule has 1 N–H and O–H groups in total. The lowest BCUT2D eigenvalue weighted by Crippen LogP contribution is -2.74. The zero-order chi connectivity index (χ0) is 79.7. The summed E-state index contributed by atoms with van der Waals surface area (Å²) in [6.45, 7) is -10.9. The third-order valence-electron chi connectivity index (χ3n) is 13.0. The smallest absolute Gasteiger partial charge is 0.460 e. The summed E-state index contributed by atoms with van der Waals surface area (Å²) < 4.78 is 721. The SMILES string of the molecule is Oc1ccc(OCC(OCCCC(F)(F)C(F)(F)C(F)(F)C(F)(F)C(F)(F)C(F)(F)C(F)(F)C(F)(F)F)C(COCCCC(F)(F)C(F)(F)C(F)(F)C(F)(F)C(F)(F)C(F)(F)C(F)(F)C(F)(F)F)OCCCC(F)(F)C(F)(F)C(F)(F)C(F)(F)C(F)(F)C(F)(F)C(F)(F)C(F)(F)F)cc1. The normalized spacial score (nSPS) is 16.8. The van der Waals surface area contributed by atoms with E-state index in [4.69, 9.17) is 4.74 Å². The van der Waals surface area contributed by atoms with Gasteiger partial charge in [-0.2, -0.15) is 224 Å². The highest BCUT2D eigenvalue weighted by Gasteiger charge is 2.98. The monoisotopic (exact) mass is 1590 g/mol. The molecule has 1 aromatic carbocycles. The van der Waals surface area contributed by atoms with E-state index in [2.05, 4.69) is 14.2 Å². The molecule has 0 aliphatic rings. The van der Waals surface area contributed by atoms with Crippen LogP contribution in [0.5, 0.6) is 11.5 Å². The molecule has 1 rings (SSSR count). The minimum atomic E-state index is -9.23. The summed E-state index contributed by atoms with van der Waals surface area (Å²) in [5.74, 6) is -184. The Morgan fingerprint density at radius 3 is 0.657 bits per heavy atom. The highest BCUT2D eigenvalue weighted by Crippen LogP contribution is 2.68. The molecule has 0 saturated carbocycles. The highest BCUT2D eigenvalue weighted by atomic mass is 19.5. The van der Waals surface area contributed by atoms with Gasteiger partial charge in [0.25, 0.3) is 0 Å². The predicted molar refractivity (Wildman–Crippen MR) is 214 cm³/mol. The Balaban J connectivity index is 4.01. The number of phenols is 1. The van der Waals surface area contributed by atoms with Crippen LogP contribution in [0.3, 0.4) is 0 Å². The fourth-order valence-corrected chi connectivity index (χ4v) is 6.96. The Labute approximate surface area is 511 Å². The van der Waals surface area contributed by atoms with Crippen LogP contribution in [0.4, 0.5) is 224 Å². The molecule has 0 radical (unpaired) electrons. The number of alkyl halides is 51. The first-order chi connectivity index (χ1) is 42.9. The highest BCUT2D eigenvalue weighted by molar-refractivity contribution is 5.30. The summed E-state index contributed by atoms with van der Waals surface area (Å²) in [7, 11) is 0. The largest absolute Gasteiger partial charge is 0.508 e. The Bertz CT molecular complexity index is 2790. The molecule has 0 amide bonds. The van der Waals surface area contributed by atoms with Gasteiger partial charge >= 0.3 is 143 Å². The van der Waals surface area contributed by atoms with Gasteiger partial charge in [-0.25, -0.2) is 0 Å². The average molecular weight is 1590 g/mol. The van der Waals surface area contributed by atoms with Gasteiger partial charge in [-0.15, -0.1) is 0 Å². The predicted octanol–water partition coefficient (Wildman–Crippen LogP) is 19.9. The number of hydrogen-bond donors (Lipinski definition) is 1. The first-order valence-corrected chi connectivity index (χ1v) is 24.3. The van der Waals surface area contributed by atoms with E-state index in [9.17, 15) is 229 Å². The number of halogens is 51. The molecule has 588 valence electrons. The molecule has 0 heterocycles. The summed E-state index contributed by atoms with van der Waals surface area (Å²) >= 11 is 0. The number of rotatable bonds is 38. The molecule has 2 unspecified atom stereocenters. The van der Waals surface area contributed by atoms with Gasteiger partial charge in [0.05, 0.1) is 6.61 Å². The molecule has 0 aliphatic heterocycles. The summed E-state index contributed by atoms with van der Waals surface area (Å²) in [6.07, 6.45) is -48.8. The van der Waals surface area contributed by atoms with E-state index in [1.807, 2.05) is 0 Å². The van der Waals surface area contributed by atoms with Crippen molar-refractivity contribution in [2.45, 2.75) is 194 Å². The van der Waals surface area contributed by atoms with Gasteiger partial charge in [0.1, 0.15) is 30.3 Å². The number of aromatic hydroxyl groups is 1. The van der Waals surface area contributed by atoms with Gasteiger partial charge in [-0.1, -0.05) is 0 Å². The van der Waals surface area contributed by atoms with Crippen LogP contribution in [0, 0.1) is 0 Å². The van der Waals surface area contributed by atoms with Crippen molar-refractivity contribution in [3.8, 4) is 11.5 Å². The fourth-order valence-electron chi connectivity index (χ4n) is 6.96. The lowest BCUT2D eigenvalue weighted by atomic mass is 9.88. The number of benzene rings is 1. The van der Waals surface area contributed by atoms with E-state index in [0.29, 0.717) is 24.3 Å². The van der Waals surface area contributed by atoms with E-state index in [-0.39, 0.29) is 0 Å². The van der Waals surface area contributed by atoms with E-state index in [0.717, 1.165) is 0 Å². The summed E-state index contributed by atoms with van der Waals surface area (Å²) in [6, 6.07) is 2.04. The molecule has 0 spiro atoms.